The molecule has 0 saturated carbocycles. The van der Waals surface area contributed by atoms with E-state index in [1.807, 2.05) is 7.05 Å². The van der Waals surface area contributed by atoms with Gasteiger partial charge in [0.1, 0.15) is 0 Å². The molecule has 0 spiro atoms. The summed E-state index contributed by atoms with van der Waals surface area (Å²) in [5.74, 6) is -0.525. The molecule has 20 heavy (non-hydrogen) atoms. The average molecular weight is 271 g/mol. The molecule has 102 valence electrons. The molecule has 0 bridgehead atoms. The normalized spacial score (nSPS) is 13.8. The minimum Gasteiger partial charge on any atom is -0.379 e. The van der Waals surface area contributed by atoms with Gasteiger partial charge in [-0.05, 0) is 18.2 Å². The third-order valence-electron chi connectivity index (χ3n) is 3.37. The number of amides is 2. The topological polar surface area (TPSA) is 80.1 Å². The SMILES string of the molecule is CN1C(=O)c2ccc(NCc3cnnn3C)cc2C1=O. The van der Waals surface area contributed by atoms with E-state index >= 15 is 0 Å². The second-order valence-electron chi connectivity index (χ2n) is 4.63. The lowest BCUT2D eigenvalue weighted by Gasteiger charge is -2.07. The predicted molar refractivity (Wildman–Crippen MR) is 71.2 cm³/mol. The number of aromatic nitrogens is 3. The molecule has 0 unspecified atom stereocenters. The van der Waals surface area contributed by atoms with Gasteiger partial charge in [0.25, 0.3) is 11.8 Å². The first-order valence-corrected chi connectivity index (χ1v) is 6.12. The number of carbonyl (C=O) groups is 2. The lowest BCUT2D eigenvalue weighted by Crippen LogP contribution is -2.24. The molecule has 7 nitrogen and oxygen atoms in total. The van der Waals surface area contributed by atoms with E-state index in [0.29, 0.717) is 17.7 Å². The lowest BCUT2D eigenvalue weighted by atomic mass is 10.1. The average Bonchev–Trinajstić information content (AvgIpc) is 2.95. The third-order valence-corrected chi connectivity index (χ3v) is 3.37. The fraction of sp³-hybridized carbons (Fsp3) is 0.231. The van der Waals surface area contributed by atoms with Crippen molar-refractivity contribution >= 4 is 17.5 Å². The summed E-state index contributed by atoms with van der Waals surface area (Å²) in [6.45, 7) is 0.542. The van der Waals surface area contributed by atoms with Crippen LogP contribution >= 0.6 is 0 Å². The molecule has 1 aromatic heterocycles. The van der Waals surface area contributed by atoms with E-state index in [-0.39, 0.29) is 11.8 Å². The van der Waals surface area contributed by atoms with Gasteiger partial charge in [-0.2, -0.15) is 0 Å². The van der Waals surface area contributed by atoms with Crippen LogP contribution in [0.15, 0.2) is 24.4 Å². The molecule has 0 fully saturated rings. The van der Waals surface area contributed by atoms with Crippen LogP contribution in [0.5, 0.6) is 0 Å². The van der Waals surface area contributed by atoms with E-state index in [1.54, 1.807) is 29.1 Å². The van der Waals surface area contributed by atoms with Crippen molar-refractivity contribution in [1.82, 2.24) is 19.9 Å². The van der Waals surface area contributed by atoms with Crippen molar-refractivity contribution in [2.75, 3.05) is 12.4 Å². The summed E-state index contributed by atoms with van der Waals surface area (Å²) in [5, 5.41) is 10.8. The first kappa shape index (κ1) is 12.3. The molecule has 2 heterocycles. The number of nitrogens with zero attached hydrogens (tertiary/aromatic N) is 4. The van der Waals surface area contributed by atoms with Crippen LogP contribution in [0.3, 0.4) is 0 Å². The minimum absolute atomic E-state index is 0.257. The van der Waals surface area contributed by atoms with Gasteiger partial charge >= 0.3 is 0 Å². The fourth-order valence-corrected chi connectivity index (χ4v) is 2.13. The first-order valence-electron chi connectivity index (χ1n) is 6.12. The Kier molecular flexibility index (Phi) is 2.74. The molecule has 2 aromatic rings. The van der Waals surface area contributed by atoms with Crippen LogP contribution < -0.4 is 5.32 Å². The van der Waals surface area contributed by atoms with Gasteiger partial charge < -0.3 is 5.32 Å². The van der Waals surface area contributed by atoms with Gasteiger partial charge in [0, 0.05) is 19.8 Å². The quantitative estimate of drug-likeness (QED) is 0.829. The van der Waals surface area contributed by atoms with Crippen LogP contribution in [0.1, 0.15) is 26.4 Å². The number of imide groups is 1. The number of nitrogens with one attached hydrogen (secondary N) is 1. The van der Waals surface area contributed by atoms with E-state index in [4.69, 9.17) is 0 Å². The highest BCUT2D eigenvalue weighted by molar-refractivity contribution is 6.21. The van der Waals surface area contributed by atoms with Crippen LogP contribution in [0.2, 0.25) is 0 Å². The Morgan fingerprint density at radius 2 is 1.90 bits per heavy atom. The Morgan fingerprint density at radius 3 is 2.60 bits per heavy atom. The van der Waals surface area contributed by atoms with Crippen LogP contribution in [-0.2, 0) is 13.6 Å². The maximum absolute atomic E-state index is 11.9. The third kappa shape index (κ3) is 1.83. The molecular weight excluding hydrogens is 258 g/mol. The Hall–Kier alpha value is -2.70. The van der Waals surface area contributed by atoms with E-state index in [2.05, 4.69) is 15.6 Å². The van der Waals surface area contributed by atoms with Gasteiger partial charge in [-0.25, -0.2) is 0 Å². The largest absolute Gasteiger partial charge is 0.379 e. The van der Waals surface area contributed by atoms with Crippen LogP contribution in [-0.4, -0.2) is 38.8 Å². The summed E-state index contributed by atoms with van der Waals surface area (Å²) < 4.78 is 1.67. The van der Waals surface area contributed by atoms with Crippen molar-refractivity contribution in [3.05, 3.63) is 41.2 Å². The molecule has 0 aliphatic carbocycles. The lowest BCUT2D eigenvalue weighted by molar-refractivity contribution is 0.0693. The number of fused-ring (bicyclic) bond motifs is 1. The predicted octanol–water partition coefficient (Wildman–Crippen LogP) is 0.653. The van der Waals surface area contributed by atoms with Crippen LogP contribution in [0.25, 0.3) is 0 Å². The highest BCUT2D eigenvalue weighted by atomic mass is 16.2. The van der Waals surface area contributed by atoms with Crippen molar-refractivity contribution in [3.8, 4) is 0 Å². The molecule has 1 aliphatic rings. The Balaban J connectivity index is 1.82. The number of hydrogen-bond acceptors (Lipinski definition) is 5. The molecule has 2 amide bonds. The summed E-state index contributed by atoms with van der Waals surface area (Å²) in [6.07, 6.45) is 1.67. The Morgan fingerprint density at radius 1 is 1.15 bits per heavy atom. The highest BCUT2D eigenvalue weighted by Gasteiger charge is 2.32. The maximum Gasteiger partial charge on any atom is 0.261 e. The van der Waals surface area contributed by atoms with Crippen molar-refractivity contribution in [1.29, 1.82) is 0 Å². The molecule has 1 aliphatic heterocycles. The van der Waals surface area contributed by atoms with Gasteiger partial charge in [-0.15, -0.1) is 5.10 Å². The Labute approximate surface area is 115 Å². The number of hydrogen-bond donors (Lipinski definition) is 1. The first-order chi connectivity index (χ1) is 9.58. The van der Waals surface area contributed by atoms with E-state index in [0.717, 1.165) is 16.3 Å². The summed E-state index contributed by atoms with van der Waals surface area (Å²) in [6, 6.07) is 5.15. The monoisotopic (exact) mass is 271 g/mol. The second kappa shape index (κ2) is 4.44. The summed E-state index contributed by atoms with van der Waals surface area (Å²) in [4.78, 5) is 24.8. The van der Waals surface area contributed by atoms with Gasteiger partial charge in [0.15, 0.2) is 0 Å². The fourth-order valence-electron chi connectivity index (χ4n) is 2.13. The molecular formula is C13H13N5O2. The molecule has 7 heteroatoms. The molecule has 0 atom stereocenters. The smallest absolute Gasteiger partial charge is 0.261 e. The second-order valence-corrected chi connectivity index (χ2v) is 4.63. The van der Waals surface area contributed by atoms with Crippen molar-refractivity contribution in [2.24, 2.45) is 7.05 Å². The zero-order chi connectivity index (χ0) is 14.3. The minimum atomic E-state index is -0.268. The van der Waals surface area contributed by atoms with Crippen molar-refractivity contribution in [3.63, 3.8) is 0 Å². The van der Waals surface area contributed by atoms with Crippen LogP contribution in [0, 0.1) is 0 Å². The zero-order valence-electron chi connectivity index (χ0n) is 11.1. The maximum atomic E-state index is 11.9. The molecule has 1 N–H and O–H groups in total. The van der Waals surface area contributed by atoms with E-state index < -0.39 is 0 Å². The van der Waals surface area contributed by atoms with Crippen molar-refractivity contribution in [2.45, 2.75) is 6.54 Å². The molecule has 1 aromatic carbocycles. The number of aryl methyl sites for hydroxylation is 1. The van der Waals surface area contributed by atoms with Gasteiger partial charge in [0.2, 0.25) is 0 Å². The Bertz CT molecular complexity index is 707. The van der Waals surface area contributed by atoms with Gasteiger partial charge in [-0.3, -0.25) is 19.2 Å². The summed E-state index contributed by atoms with van der Waals surface area (Å²) in [5.41, 5.74) is 2.59. The molecule has 0 saturated heterocycles. The van der Waals surface area contributed by atoms with Gasteiger partial charge in [-0.1, -0.05) is 5.21 Å². The number of anilines is 1. The highest BCUT2D eigenvalue weighted by Crippen LogP contribution is 2.24. The molecule has 0 radical (unpaired) electrons. The van der Waals surface area contributed by atoms with E-state index in [9.17, 15) is 9.59 Å². The molecule has 3 rings (SSSR count). The van der Waals surface area contributed by atoms with Gasteiger partial charge in [0.05, 0.1) is 29.6 Å². The van der Waals surface area contributed by atoms with Crippen molar-refractivity contribution < 1.29 is 9.59 Å². The number of benzene rings is 1. The summed E-state index contributed by atoms with van der Waals surface area (Å²) in [7, 11) is 3.29. The van der Waals surface area contributed by atoms with Crippen LogP contribution in [0.4, 0.5) is 5.69 Å². The standard InChI is InChI=1S/C13H13N5O2/c1-17-12(19)10-4-3-8(5-11(10)13(17)20)14-6-9-7-15-16-18(9)2/h3-5,7,14H,6H2,1-2H3. The number of rotatable bonds is 3. The summed E-state index contributed by atoms with van der Waals surface area (Å²) >= 11 is 0. The van der Waals surface area contributed by atoms with E-state index in [1.165, 1.54) is 7.05 Å². The zero-order valence-corrected chi connectivity index (χ0v) is 11.1. The number of carbonyl (C=O) groups excluding carboxylic acids is 2.